The first-order valence-electron chi connectivity index (χ1n) is 9.45. The van der Waals surface area contributed by atoms with E-state index in [1.54, 1.807) is 24.4 Å². The Balaban J connectivity index is 1.53. The summed E-state index contributed by atoms with van der Waals surface area (Å²) in [5.74, 6) is -1.02. The Kier molecular flexibility index (Phi) is 5.30. The van der Waals surface area contributed by atoms with Gasteiger partial charge in [-0.05, 0) is 41.8 Å². The lowest BCUT2D eigenvalue weighted by molar-refractivity contribution is 0.100. The molecule has 0 bridgehead atoms. The number of para-hydroxylation sites is 1. The van der Waals surface area contributed by atoms with Crippen molar-refractivity contribution in [1.29, 1.82) is 0 Å². The van der Waals surface area contributed by atoms with Crippen LogP contribution in [-0.4, -0.2) is 23.5 Å². The third-order valence-electron chi connectivity index (χ3n) is 5.04. The van der Waals surface area contributed by atoms with Crippen molar-refractivity contribution in [3.8, 4) is 0 Å². The van der Waals surface area contributed by atoms with Crippen LogP contribution in [0.3, 0.4) is 0 Å². The molecule has 0 unspecified atom stereocenters. The van der Waals surface area contributed by atoms with Crippen molar-refractivity contribution in [3.63, 3.8) is 0 Å². The molecule has 0 aliphatic carbocycles. The summed E-state index contributed by atoms with van der Waals surface area (Å²) in [5, 5.41) is 5.34. The van der Waals surface area contributed by atoms with Crippen molar-refractivity contribution in [2.45, 2.75) is 13.0 Å². The molecule has 0 saturated heterocycles. The summed E-state index contributed by atoms with van der Waals surface area (Å²) in [6.45, 7) is 1.20. The minimum atomic E-state index is -0.524. The van der Waals surface area contributed by atoms with Crippen LogP contribution in [0.15, 0.2) is 60.9 Å². The number of nitrogens with two attached hydrogens (primary N) is 1. The summed E-state index contributed by atoms with van der Waals surface area (Å²) in [7, 11) is 0. The summed E-state index contributed by atoms with van der Waals surface area (Å²) in [6, 6.07) is 12.9. The Morgan fingerprint density at radius 3 is 2.60 bits per heavy atom. The van der Waals surface area contributed by atoms with Crippen molar-refractivity contribution in [2.75, 3.05) is 22.1 Å². The van der Waals surface area contributed by atoms with Gasteiger partial charge in [-0.25, -0.2) is 9.18 Å². The molecular weight excluding hydrogens is 385 g/mol. The lowest BCUT2D eigenvalue weighted by atomic mass is 9.97. The molecule has 3 amide bonds. The number of benzene rings is 2. The highest BCUT2D eigenvalue weighted by atomic mass is 19.1. The monoisotopic (exact) mass is 405 g/mol. The van der Waals surface area contributed by atoms with Gasteiger partial charge in [0.25, 0.3) is 5.91 Å². The maximum Gasteiger partial charge on any atom is 0.323 e. The van der Waals surface area contributed by atoms with Gasteiger partial charge in [0.05, 0.1) is 16.9 Å². The number of rotatable bonds is 4. The average Bonchev–Trinajstić information content (AvgIpc) is 2.75. The smallest absolute Gasteiger partial charge is 0.323 e. The molecule has 0 spiro atoms. The zero-order valence-electron chi connectivity index (χ0n) is 16.1. The number of fused-ring (bicyclic) bond motifs is 1. The van der Waals surface area contributed by atoms with E-state index in [4.69, 9.17) is 5.73 Å². The van der Waals surface area contributed by atoms with E-state index >= 15 is 0 Å². The van der Waals surface area contributed by atoms with Gasteiger partial charge in [0.2, 0.25) is 0 Å². The number of hydrogen-bond donors (Lipinski definition) is 3. The van der Waals surface area contributed by atoms with E-state index in [-0.39, 0.29) is 5.69 Å². The van der Waals surface area contributed by atoms with Gasteiger partial charge in [-0.15, -0.1) is 0 Å². The number of hydrogen-bond acceptors (Lipinski definition) is 4. The van der Waals surface area contributed by atoms with E-state index in [1.807, 2.05) is 18.2 Å². The predicted octanol–water partition coefficient (Wildman–Crippen LogP) is 3.53. The molecule has 30 heavy (non-hydrogen) atoms. The van der Waals surface area contributed by atoms with Gasteiger partial charge in [0.1, 0.15) is 5.82 Å². The Bertz CT molecular complexity index is 1120. The summed E-state index contributed by atoms with van der Waals surface area (Å²) in [5.41, 5.74) is 9.41. The van der Waals surface area contributed by atoms with Crippen LogP contribution in [0.2, 0.25) is 0 Å². The first-order valence-corrected chi connectivity index (χ1v) is 9.45. The molecule has 0 saturated carbocycles. The molecular formula is C22H20FN5O2. The zero-order valence-corrected chi connectivity index (χ0v) is 16.1. The van der Waals surface area contributed by atoms with Crippen LogP contribution in [0.5, 0.6) is 0 Å². The van der Waals surface area contributed by atoms with Gasteiger partial charge in [0, 0.05) is 31.2 Å². The summed E-state index contributed by atoms with van der Waals surface area (Å²) in [4.78, 5) is 30.1. The summed E-state index contributed by atoms with van der Waals surface area (Å²) < 4.78 is 13.8. The Labute approximate surface area is 172 Å². The Morgan fingerprint density at radius 2 is 1.80 bits per heavy atom. The van der Waals surface area contributed by atoms with Gasteiger partial charge in [0.15, 0.2) is 0 Å². The predicted molar refractivity (Wildman–Crippen MR) is 113 cm³/mol. The molecule has 4 N–H and O–H groups in total. The Morgan fingerprint density at radius 1 is 1.03 bits per heavy atom. The first kappa shape index (κ1) is 19.4. The molecule has 4 rings (SSSR count). The van der Waals surface area contributed by atoms with Crippen LogP contribution in [-0.2, 0) is 13.0 Å². The van der Waals surface area contributed by atoms with E-state index in [1.165, 1.54) is 18.3 Å². The normalized spacial score (nSPS) is 12.8. The van der Waals surface area contributed by atoms with Gasteiger partial charge >= 0.3 is 6.03 Å². The lowest BCUT2D eigenvalue weighted by Crippen LogP contribution is -2.33. The minimum absolute atomic E-state index is 0.114. The van der Waals surface area contributed by atoms with Crippen LogP contribution in [0.1, 0.15) is 21.5 Å². The highest BCUT2D eigenvalue weighted by Crippen LogP contribution is 2.30. The number of amides is 3. The second-order valence-corrected chi connectivity index (χ2v) is 6.93. The number of carbonyl (C=O) groups excluding carboxylic acids is 2. The molecule has 2 aromatic carbocycles. The fourth-order valence-electron chi connectivity index (χ4n) is 3.62. The molecule has 1 aromatic heterocycles. The third kappa shape index (κ3) is 3.93. The number of carbonyl (C=O) groups is 2. The first-order chi connectivity index (χ1) is 14.5. The molecule has 0 fully saturated rings. The highest BCUT2D eigenvalue weighted by molar-refractivity contribution is 6.00. The molecule has 1 aliphatic heterocycles. The largest absolute Gasteiger partial charge is 0.366 e. The number of anilines is 3. The van der Waals surface area contributed by atoms with Gasteiger partial charge in [-0.3, -0.25) is 9.78 Å². The fourth-order valence-corrected chi connectivity index (χ4v) is 3.62. The number of aromatic nitrogens is 1. The number of halogens is 1. The fraction of sp³-hybridized carbons (Fsp3) is 0.136. The number of pyridine rings is 1. The van der Waals surface area contributed by atoms with Crippen molar-refractivity contribution >= 4 is 29.0 Å². The second kappa shape index (κ2) is 8.20. The van der Waals surface area contributed by atoms with E-state index < -0.39 is 17.8 Å². The van der Waals surface area contributed by atoms with Crippen molar-refractivity contribution < 1.29 is 14.0 Å². The SMILES string of the molecule is NC(=O)c1cnccc1N1CCc2c(cccc2NC(=O)Nc2ccccc2F)C1. The second-order valence-electron chi connectivity index (χ2n) is 6.93. The van der Waals surface area contributed by atoms with E-state index in [0.29, 0.717) is 30.8 Å². The molecule has 2 heterocycles. The maximum atomic E-state index is 13.8. The molecule has 0 atom stereocenters. The average molecular weight is 405 g/mol. The van der Waals surface area contributed by atoms with E-state index in [9.17, 15) is 14.0 Å². The van der Waals surface area contributed by atoms with Crippen LogP contribution in [0, 0.1) is 5.82 Å². The molecule has 1 aliphatic rings. The van der Waals surface area contributed by atoms with Gasteiger partial charge in [-0.2, -0.15) is 0 Å². The van der Waals surface area contributed by atoms with E-state index in [2.05, 4.69) is 20.5 Å². The van der Waals surface area contributed by atoms with E-state index in [0.717, 1.165) is 16.8 Å². The molecule has 8 heteroatoms. The number of nitrogens with zero attached hydrogens (tertiary/aromatic N) is 2. The molecule has 7 nitrogen and oxygen atoms in total. The molecule has 152 valence electrons. The van der Waals surface area contributed by atoms with Crippen LogP contribution < -0.4 is 21.3 Å². The standard InChI is InChI=1S/C22H20FN5O2/c23-17-5-1-2-6-19(17)27-22(30)26-18-7-3-4-14-13-28(11-9-15(14)18)20-8-10-25-12-16(20)21(24)29/h1-8,10,12H,9,11,13H2,(H2,24,29)(H2,26,27,30). The van der Waals surface area contributed by atoms with Crippen molar-refractivity contribution in [2.24, 2.45) is 5.73 Å². The third-order valence-corrected chi connectivity index (χ3v) is 5.04. The molecule has 3 aromatic rings. The minimum Gasteiger partial charge on any atom is -0.366 e. The topological polar surface area (TPSA) is 100 Å². The van der Waals surface area contributed by atoms with Crippen molar-refractivity contribution in [1.82, 2.24) is 4.98 Å². The van der Waals surface area contributed by atoms with Gasteiger partial charge < -0.3 is 21.3 Å². The van der Waals surface area contributed by atoms with Gasteiger partial charge in [-0.1, -0.05) is 24.3 Å². The maximum absolute atomic E-state index is 13.8. The zero-order chi connectivity index (χ0) is 21.1. The van der Waals surface area contributed by atoms with Crippen LogP contribution >= 0.6 is 0 Å². The lowest BCUT2D eigenvalue weighted by Gasteiger charge is -2.32. The summed E-state index contributed by atoms with van der Waals surface area (Å²) >= 11 is 0. The van der Waals surface area contributed by atoms with Crippen LogP contribution in [0.25, 0.3) is 0 Å². The number of urea groups is 1. The number of primary amides is 1. The number of nitrogens with one attached hydrogen (secondary N) is 2. The molecule has 0 radical (unpaired) electrons. The highest BCUT2D eigenvalue weighted by Gasteiger charge is 2.22. The summed E-state index contributed by atoms with van der Waals surface area (Å²) in [6.07, 6.45) is 3.76. The van der Waals surface area contributed by atoms with Crippen molar-refractivity contribution in [3.05, 3.63) is 83.4 Å². The Hall–Kier alpha value is -3.94. The van der Waals surface area contributed by atoms with Crippen LogP contribution in [0.4, 0.5) is 26.2 Å². The quantitative estimate of drug-likeness (QED) is 0.618.